The van der Waals surface area contributed by atoms with E-state index in [9.17, 15) is 9.59 Å². The Labute approximate surface area is 161 Å². The number of nitrogens with one attached hydrogen (secondary N) is 3. The number of urea groups is 1. The summed E-state index contributed by atoms with van der Waals surface area (Å²) < 4.78 is 0. The van der Waals surface area contributed by atoms with Gasteiger partial charge in [-0.2, -0.15) is 0 Å². The van der Waals surface area contributed by atoms with E-state index >= 15 is 0 Å². The Morgan fingerprint density at radius 2 is 1.85 bits per heavy atom. The number of benzene rings is 1. The maximum absolute atomic E-state index is 13.1. The molecule has 2 saturated heterocycles. The molecule has 0 aromatic heterocycles. The zero-order valence-corrected chi connectivity index (χ0v) is 15.9. The Bertz CT molecular complexity index is 672. The van der Waals surface area contributed by atoms with Crippen LogP contribution in [0.3, 0.4) is 0 Å². The van der Waals surface area contributed by atoms with Gasteiger partial charge in [0.25, 0.3) is 0 Å². The van der Waals surface area contributed by atoms with E-state index in [-0.39, 0.29) is 23.4 Å². The number of fused-ring (bicyclic) bond motifs is 1. The molecule has 1 aromatic rings. The fraction of sp³-hybridized carbons (Fsp3) is 0.619. The van der Waals surface area contributed by atoms with E-state index in [0.29, 0.717) is 19.0 Å². The van der Waals surface area contributed by atoms with Gasteiger partial charge in [-0.25, -0.2) is 4.79 Å². The molecule has 6 heteroatoms. The molecule has 3 fully saturated rings. The monoisotopic (exact) mass is 370 g/mol. The molecule has 3 aliphatic rings. The Morgan fingerprint density at radius 1 is 1.07 bits per heavy atom. The van der Waals surface area contributed by atoms with Gasteiger partial charge in [0.2, 0.25) is 5.91 Å². The lowest BCUT2D eigenvalue weighted by molar-refractivity contribution is -0.135. The Hall–Kier alpha value is -2.08. The lowest BCUT2D eigenvalue weighted by Gasteiger charge is -2.39. The first-order chi connectivity index (χ1) is 13.2. The van der Waals surface area contributed by atoms with Gasteiger partial charge in [-0.15, -0.1) is 0 Å². The molecule has 2 atom stereocenters. The van der Waals surface area contributed by atoms with Gasteiger partial charge in [-0.1, -0.05) is 31.0 Å². The van der Waals surface area contributed by atoms with Crippen LogP contribution in [0.25, 0.3) is 0 Å². The summed E-state index contributed by atoms with van der Waals surface area (Å²) in [6.45, 7) is 3.16. The number of likely N-dealkylation sites (tertiary alicyclic amines) is 1. The Balaban J connectivity index is 1.28. The van der Waals surface area contributed by atoms with Crippen molar-refractivity contribution in [3.63, 3.8) is 0 Å². The number of carbonyl (C=O) groups is 2. The third-order valence-electron chi connectivity index (χ3n) is 6.63. The molecule has 27 heavy (non-hydrogen) atoms. The quantitative estimate of drug-likeness (QED) is 0.766. The van der Waals surface area contributed by atoms with Crippen LogP contribution in [0.5, 0.6) is 0 Å². The van der Waals surface area contributed by atoms with E-state index in [0.717, 1.165) is 44.5 Å². The molecule has 2 aliphatic heterocycles. The van der Waals surface area contributed by atoms with E-state index in [1.807, 2.05) is 35.2 Å². The standard InChI is InChI=1S/C21H30N4O2/c26-19(21-11-5-4-6-16(21)14-22-15-21)23-18-9-12-25(13-10-18)20(27)24-17-7-2-1-3-8-17/h1-3,7-8,16,18,22H,4-6,9-15H2,(H,23,26)(H,24,27)/t16-,21+/m0/s1. The summed E-state index contributed by atoms with van der Waals surface area (Å²) >= 11 is 0. The highest BCUT2D eigenvalue weighted by molar-refractivity contribution is 5.89. The van der Waals surface area contributed by atoms with Crippen molar-refractivity contribution in [1.29, 1.82) is 0 Å². The fourth-order valence-electron chi connectivity index (χ4n) is 4.97. The molecular weight excluding hydrogens is 340 g/mol. The largest absolute Gasteiger partial charge is 0.353 e. The fourth-order valence-corrected chi connectivity index (χ4v) is 4.97. The van der Waals surface area contributed by atoms with E-state index < -0.39 is 0 Å². The molecule has 4 rings (SSSR count). The van der Waals surface area contributed by atoms with Gasteiger partial charge in [0.15, 0.2) is 0 Å². The summed E-state index contributed by atoms with van der Waals surface area (Å²) in [5.74, 6) is 0.729. The molecule has 2 heterocycles. The average molecular weight is 370 g/mol. The number of rotatable bonds is 3. The smallest absolute Gasteiger partial charge is 0.321 e. The van der Waals surface area contributed by atoms with Crippen molar-refractivity contribution in [3.05, 3.63) is 30.3 Å². The van der Waals surface area contributed by atoms with Crippen LogP contribution in [0, 0.1) is 11.3 Å². The zero-order valence-electron chi connectivity index (χ0n) is 15.9. The highest BCUT2D eigenvalue weighted by Crippen LogP contribution is 2.44. The summed E-state index contributed by atoms with van der Waals surface area (Å²) in [7, 11) is 0. The summed E-state index contributed by atoms with van der Waals surface area (Å²) in [6.07, 6.45) is 6.22. The van der Waals surface area contributed by atoms with Crippen LogP contribution in [-0.2, 0) is 4.79 Å². The van der Waals surface area contributed by atoms with Crippen molar-refractivity contribution in [2.75, 3.05) is 31.5 Å². The third kappa shape index (κ3) is 3.81. The first kappa shape index (κ1) is 18.3. The highest BCUT2D eigenvalue weighted by atomic mass is 16.2. The molecule has 0 unspecified atom stereocenters. The van der Waals surface area contributed by atoms with Gasteiger partial charge in [0.1, 0.15) is 0 Å². The Morgan fingerprint density at radius 3 is 2.63 bits per heavy atom. The molecule has 1 saturated carbocycles. The van der Waals surface area contributed by atoms with Crippen molar-refractivity contribution in [2.45, 2.75) is 44.6 Å². The maximum atomic E-state index is 13.1. The van der Waals surface area contributed by atoms with E-state index in [4.69, 9.17) is 0 Å². The molecule has 0 radical (unpaired) electrons. The van der Waals surface area contributed by atoms with Crippen LogP contribution in [0.2, 0.25) is 0 Å². The molecule has 1 aliphatic carbocycles. The maximum Gasteiger partial charge on any atom is 0.321 e. The lowest BCUT2D eigenvalue weighted by Crippen LogP contribution is -2.53. The number of nitrogens with zero attached hydrogens (tertiary/aromatic N) is 1. The van der Waals surface area contributed by atoms with Crippen molar-refractivity contribution in [1.82, 2.24) is 15.5 Å². The second-order valence-electron chi connectivity index (χ2n) is 8.26. The lowest BCUT2D eigenvalue weighted by atomic mass is 9.67. The topological polar surface area (TPSA) is 73.5 Å². The van der Waals surface area contributed by atoms with Crippen molar-refractivity contribution in [3.8, 4) is 0 Å². The molecular formula is C21H30N4O2. The number of amides is 3. The number of hydrogen-bond acceptors (Lipinski definition) is 3. The third-order valence-corrected chi connectivity index (χ3v) is 6.63. The first-order valence-corrected chi connectivity index (χ1v) is 10.3. The van der Waals surface area contributed by atoms with Gasteiger partial charge >= 0.3 is 6.03 Å². The van der Waals surface area contributed by atoms with Crippen molar-refractivity contribution >= 4 is 17.6 Å². The first-order valence-electron chi connectivity index (χ1n) is 10.3. The van der Waals surface area contributed by atoms with Crippen LogP contribution in [-0.4, -0.2) is 49.1 Å². The molecule has 0 bridgehead atoms. The molecule has 3 N–H and O–H groups in total. The molecule has 3 amide bonds. The van der Waals surface area contributed by atoms with Gasteiger partial charge in [0, 0.05) is 31.4 Å². The molecule has 1 aromatic carbocycles. The predicted octanol–water partition coefficient (Wildman–Crippen LogP) is 2.58. The number of piperidine rings is 1. The SMILES string of the molecule is O=C(Nc1ccccc1)N1CCC(NC(=O)[C@@]23CCCC[C@H]2CNC3)CC1. The van der Waals surface area contributed by atoms with Gasteiger partial charge in [-0.3, -0.25) is 4.79 Å². The minimum Gasteiger partial charge on any atom is -0.353 e. The van der Waals surface area contributed by atoms with Crippen molar-refractivity contribution in [2.24, 2.45) is 11.3 Å². The van der Waals surface area contributed by atoms with Gasteiger partial charge < -0.3 is 20.9 Å². The van der Waals surface area contributed by atoms with E-state index in [1.54, 1.807) is 0 Å². The summed E-state index contributed by atoms with van der Waals surface area (Å²) in [4.78, 5) is 27.3. The summed E-state index contributed by atoms with van der Waals surface area (Å²) in [5, 5.41) is 9.71. The zero-order chi connectivity index (χ0) is 18.7. The Kier molecular flexibility index (Phi) is 5.34. The van der Waals surface area contributed by atoms with Gasteiger partial charge in [-0.05, 0) is 50.3 Å². The van der Waals surface area contributed by atoms with Crippen LogP contribution in [0.4, 0.5) is 10.5 Å². The van der Waals surface area contributed by atoms with E-state index in [1.165, 1.54) is 12.8 Å². The number of para-hydroxylation sites is 1. The highest BCUT2D eigenvalue weighted by Gasteiger charge is 2.50. The van der Waals surface area contributed by atoms with Crippen LogP contribution in [0.1, 0.15) is 38.5 Å². The normalized spacial score (nSPS) is 28.4. The minimum atomic E-state index is -0.194. The number of hydrogen-bond donors (Lipinski definition) is 3. The molecule has 6 nitrogen and oxygen atoms in total. The van der Waals surface area contributed by atoms with Crippen LogP contribution in [0.15, 0.2) is 30.3 Å². The van der Waals surface area contributed by atoms with Crippen LogP contribution >= 0.6 is 0 Å². The average Bonchev–Trinajstić information content (AvgIpc) is 3.15. The predicted molar refractivity (Wildman–Crippen MR) is 105 cm³/mol. The second kappa shape index (κ2) is 7.89. The molecule has 0 spiro atoms. The summed E-state index contributed by atoms with van der Waals surface area (Å²) in [5.41, 5.74) is 0.620. The van der Waals surface area contributed by atoms with Gasteiger partial charge in [0.05, 0.1) is 5.41 Å². The summed E-state index contributed by atoms with van der Waals surface area (Å²) in [6, 6.07) is 9.65. The molecule has 146 valence electrons. The van der Waals surface area contributed by atoms with Crippen molar-refractivity contribution < 1.29 is 9.59 Å². The number of carbonyl (C=O) groups excluding carboxylic acids is 2. The van der Waals surface area contributed by atoms with Crippen LogP contribution < -0.4 is 16.0 Å². The second-order valence-corrected chi connectivity index (χ2v) is 8.26. The van der Waals surface area contributed by atoms with E-state index in [2.05, 4.69) is 16.0 Å². The number of anilines is 1. The minimum absolute atomic E-state index is 0.0584.